The van der Waals surface area contributed by atoms with Crippen molar-refractivity contribution in [3.8, 4) is 12.3 Å². The average Bonchev–Trinajstić information content (AvgIpc) is 2.10. The van der Waals surface area contributed by atoms with Crippen molar-refractivity contribution in [2.24, 2.45) is 10.7 Å². The van der Waals surface area contributed by atoms with Crippen LogP contribution in [0.2, 0.25) is 0 Å². The first-order chi connectivity index (χ1) is 6.25. The van der Waals surface area contributed by atoms with Crippen LogP contribution in [0.5, 0.6) is 0 Å². The van der Waals surface area contributed by atoms with E-state index in [-0.39, 0.29) is 5.91 Å². The summed E-state index contributed by atoms with van der Waals surface area (Å²) in [6, 6.07) is 0. The van der Waals surface area contributed by atoms with Gasteiger partial charge in [-0.3, -0.25) is 14.7 Å². The third-order valence-corrected chi connectivity index (χ3v) is 1.88. The number of nitrogens with zero attached hydrogens (tertiary/aromatic N) is 2. The van der Waals surface area contributed by atoms with E-state index in [1.807, 2.05) is 0 Å². The van der Waals surface area contributed by atoms with Gasteiger partial charge in [-0.25, -0.2) is 0 Å². The molecule has 0 aromatic rings. The van der Waals surface area contributed by atoms with Crippen LogP contribution in [-0.2, 0) is 4.79 Å². The van der Waals surface area contributed by atoms with Gasteiger partial charge < -0.3 is 5.73 Å². The largest absolute Gasteiger partial charge is 0.369 e. The van der Waals surface area contributed by atoms with Crippen molar-refractivity contribution in [1.29, 1.82) is 0 Å². The molecule has 0 atom stereocenters. The quantitative estimate of drug-likeness (QED) is 0.217. The molecule has 0 bridgehead atoms. The number of unbranched alkanes of at least 4 members (excludes halogenated alkanes) is 1. The minimum atomic E-state index is 0.0539. The Morgan fingerprint density at radius 2 is 2.54 bits per heavy atom. The third kappa shape index (κ3) is 2.48. The molecule has 4 nitrogen and oxygen atoms in total. The summed E-state index contributed by atoms with van der Waals surface area (Å²) in [7, 11) is 0. The van der Waals surface area contributed by atoms with Gasteiger partial charge in [0.25, 0.3) is 0 Å². The maximum Gasteiger partial charge on any atom is 0.231 e. The van der Waals surface area contributed by atoms with Gasteiger partial charge in [0.15, 0.2) is 5.96 Å². The van der Waals surface area contributed by atoms with Crippen molar-refractivity contribution in [3.05, 3.63) is 0 Å². The number of amides is 1. The van der Waals surface area contributed by atoms with Gasteiger partial charge in [0.05, 0.1) is 0 Å². The lowest BCUT2D eigenvalue weighted by atomic mass is 10.2. The highest BCUT2D eigenvalue weighted by Gasteiger charge is 2.26. The Bertz CT molecular complexity index is 265. The molecule has 4 heteroatoms. The summed E-state index contributed by atoms with van der Waals surface area (Å²) in [6.07, 6.45) is 7.17. The molecule has 0 unspecified atom stereocenters. The molecule has 0 aromatic carbocycles. The standard InChI is InChI=1S/C9H13N3O/c1-2-3-4-6-11-9(10)12-7-5-8(12)13/h1H,3-7H2,(H2,10,11). The minimum Gasteiger partial charge on any atom is -0.369 e. The van der Waals surface area contributed by atoms with Gasteiger partial charge in [0.1, 0.15) is 0 Å². The van der Waals surface area contributed by atoms with Gasteiger partial charge in [0.2, 0.25) is 5.91 Å². The lowest BCUT2D eigenvalue weighted by Gasteiger charge is -2.29. The second-order valence-electron chi connectivity index (χ2n) is 2.84. The number of terminal acetylenes is 1. The van der Waals surface area contributed by atoms with Crippen molar-refractivity contribution in [2.75, 3.05) is 13.1 Å². The van der Waals surface area contributed by atoms with Crippen molar-refractivity contribution in [1.82, 2.24) is 4.90 Å². The normalized spacial score (nSPS) is 16.7. The molecule has 1 saturated heterocycles. The number of β-lactam (4-membered cyclic amide) rings is 1. The van der Waals surface area contributed by atoms with Gasteiger partial charge in [-0.15, -0.1) is 12.3 Å². The lowest BCUT2D eigenvalue weighted by Crippen LogP contribution is -2.51. The molecule has 1 fully saturated rings. The van der Waals surface area contributed by atoms with Crippen LogP contribution in [0.4, 0.5) is 0 Å². The van der Waals surface area contributed by atoms with Crippen molar-refractivity contribution in [3.63, 3.8) is 0 Å². The summed E-state index contributed by atoms with van der Waals surface area (Å²) in [5.41, 5.74) is 5.56. The fourth-order valence-electron chi connectivity index (χ4n) is 1.02. The maximum absolute atomic E-state index is 10.9. The third-order valence-electron chi connectivity index (χ3n) is 1.88. The first-order valence-electron chi connectivity index (χ1n) is 4.29. The van der Waals surface area contributed by atoms with Crippen molar-refractivity contribution in [2.45, 2.75) is 19.3 Å². The van der Waals surface area contributed by atoms with Crippen LogP contribution in [0.3, 0.4) is 0 Å². The molecule has 1 heterocycles. The number of hydrogen-bond acceptors (Lipinski definition) is 2. The van der Waals surface area contributed by atoms with Gasteiger partial charge >= 0.3 is 0 Å². The summed E-state index contributed by atoms with van der Waals surface area (Å²) in [4.78, 5) is 16.4. The van der Waals surface area contributed by atoms with E-state index in [0.29, 0.717) is 31.9 Å². The second-order valence-corrected chi connectivity index (χ2v) is 2.84. The monoisotopic (exact) mass is 179 g/mol. The van der Waals surface area contributed by atoms with E-state index >= 15 is 0 Å². The van der Waals surface area contributed by atoms with E-state index in [9.17, 15) is 4.79 Å². The molecule has 0 radical (unpaired) electrons. The average molecular weight is 179 g/mol. The molecule has 1 amide bonds. The summed E-state index contributed by atoms with van der Waals surface area (Å²) in [5, 5.41) is 0. The predicted molar refractivity (Wildman–Crippen MR) is 50.9 cm³/mol. The molecule has 0 aromatic heterocycles. The van der Waals surface area contributed by atoms with Crippen LogP contribution >= 0.6 is 0 Å². The van der Waals surface area contributed by atoms with Crippen molar-refractivity contribution < 1.29 is 4.79 Å². The number of carbonyl (C=O) groups is 1. The number of nitrogens with two attached hydrogens (primary N) is 1. The molecule has 2 N–H and O–H groups in total. The molecule has 0 spiro atoms. The van der Waals surface area contributed by atoms with Gasteiger partial charge in [-0.2, -0.15) is 0 Å². The molecule has 13 heavy (non-hydrogen) atoms. The van der Waals surface area contributed by atoms with E-state index in [1.54, 1.807) is 0 Å². The van der Waals surface area contributed by atoms with Crippen LogP contribution in [0, 0.1) is 12.3 Å². The zero-order chi connectivity index (χ0) is 9.68. The first-order valence-corrected chi connectivity index (χ1v) is 4.29. The lowest BCUT2D eigenvalue weighted by molar-refractivity contribution is -0.134. The van der Waals surface area contributed by atoms with Gasteiger partial charge in [0, 0.05) is 25.9 Å². The molecule has 70 valence electrons. The molecule has 0 saturated carbocycles. The highest BCUT2D eigenvalue weighted by atomic mass is 16.2. The Hall–Kier alpha value is -1.50. The molecule has 1 rings (SSSR count). The SMILES string of the molecule is C#CCCCN=C(N)N1CCC1=O. The zero-order valence-corrected chi connectivity index (χ0v) is 7.49. The predicted octanol–water partition coefficient (Wildman–Crippen LogP) is -0.0532. The minimum absolute atomic E-state index is 0.0539. The molecular weight excluding hydrogens is 166 g/mol. The number of aliphatic imine (C=N–C) groups is 1. The number of hydrogen-bond donors (Lipinski definition) is 1. The van der Waals surface area contributed by atoms with Crippen LogP contribution in [0.25, 0.3) is 0 Å². The number of likely N-dealkylation sites (tertiary alicyclic amines) is 1. The zero-order valence-electron chi connectivity index (χ0n) is 7.49. The maximum atomic E-state index is 10.9. The van der Waals surface area contributed by atoms with Gasteiger partial charge in [-0.1, -0.05) is 0 Å². The Morgan fingerprint density at radius 1 is 1.77 bits per heavy atom. The Labute approximate surface area is 77.8 Å². The highest BCUT2D eigenvalue weighted by molar-refractivity contribution is 6.00. The fraction of sp³-hybridized carbons (Fsp3) is 0.556. The van der Waals surface area contributed by atoms with Crippen LogP contribution in [0.1, 0.15) is 19.3 Å². The van der Waals surface area contributed by atoms with Gasteiger partial charge in [-0.05, 0) is 6.42 Å². The molecular formula is C9H13N3O. The first kappa shape index (κ1) is 9.59. The molecule has 1 aliphatic heterocycles. The topological polar surface area (TPSA) is 58.7 Å². The van der Waals surface area contributed by atoms with E-state index in [4.69, 9.17) is 12.2 Å². The van der Waals surface area contributed by atoms with Crippen molar-refractivity contribution >= 4 is 11.9 Å². The summed E-state index contributed by atoms with van der Waals surface area (Å²) < 4.78 is 0. The second kappa shape index (κ2) is 4.51. The van der Waals surface area contributed by atoms with Crippen LogP contribution < -0.4 is 5.73 Å². The Kier molecular flexibility index (Phi) is 3.32. The number of rotatable bonds is 3. The summed E-state index contributed by atoms with van der Waals surface area (Å²) in [6.45, 7) is 1.29. The highest BCUT2D eigenvalue weighted by Crippen LogP contribution is 2.07. The van der Waals surface area contributed by atoms with E-state index in [1.165, 1.54) is 4.90 Å². The van der Waals surface area contributed by atoms with Crippen LogP contribution in [-0.4, -0.2) is 29.9 Å². The van der Waals surface area contributed by atoms with E-state index in [0.717, 1.165) is 6.42 Å². The number of carbonyl (C=O) groups excluding carboxylic acids is 1. The summed E-state index contributed by atoms with van der Waals surface area (Å²) >= 11 is 0. The molecule has 1 aliphatic rings. The smallest absolute Gasteiger partial charge is 0.231 e. The molecule has 0 aliphatic carbocycles. The number of guanidine groups is 1. The van der Waals surface area contributed by atoms with Crippen LogP contribution in [0.15, 0.2) is 4.99 Å². The Morgan fingerprint density at radius 3 is 3.00 bits per heavy atom. The summed E-state index contributed by atoms with van der Waals surface area (Å²) in [5.74, 6) is 2.90. The Balaban J connectivity index is 2.26. The van der Waals surface area contributed by atoms with E-state index < -0.39 is 0 Å². The fourth-order valence-corrected chi connectivity index (χ4v) is 1.02. The van der Waals surface area contributed by atoms with E-state index in [2.05, 4.69) is 10.9 Å².